The SMILES string of the molecule is Cc1nnc(Sc2ccc([C@@H](C)O)cc2)s1. The number of aliphatic hydroxyl groups excluding tert-OH is 1. The summed E-state index contributed by atoms with van der Waals surface area (Å²) in [4.78, 5) is 1.11. The first-order valence-corrected chi connectivity index (χ1v) is 6.54. The van der Waals surface area contributed by atoms with Gasteiger partial charge in [-0.2, -0.15) is 0 Å². The number of aliphatic hydroxyl groups is 1. The summed E-state index contributed by atoms with van der Waals surface area (Å²) < 4.78 is 0.947. The van der Waals surface area contributed by atoms with Gasteiger partial charge in [0, 0.05) is 4.90 Å². The van der Waals surface area contributed by atoms with E-state index in [9.17, 15) is 5.11 Å². The average Bonchev–Trinajstić information content (AvgIpc) is 2.65. The molecule has 0 bridgehead atoms. The van der Waals surface area contributed by atoms with Crippen molar-refractivity contribution in [1.82, 2.24) is 10.2 Å². The molecule has 0 amide bonds. The van der Waals surface area contributed by atoms with E-state index in [0.717, 1.165) is 19.8 Å². The zero-order valence-corrected chi connectivity index (χ0v) is 10.7. The summed E-state index contributed by atoms with van der Waals surface area (Å²) in [7, 11) is 0. The van der Waals surface area contributed by atoms with Gasteiger partial charge in [0.05, 0.1) is 6.10 Å². The van der Waals surface area contributed by atoms with Crippen molar-refractivity contribution < 1.29 is 5.11 Å². The van der Waals surface area contributed by atoms with Crippen LogP contribution in [0.5, 0.6) is 0 Å². The van der Waals surface area contributed by atoms with Crippen molar-refractivity contribution in [3.05, 3.63) is 34.8 Å². The van der Waals surface area contributed by atoms with Crippen LogP contribution in [-0.4, -0.2) is 15.3 Å². The van der Waals surface area contributed by atoms with Gasteiger partial charge in [-0.3, -0.25) is 0 Å². The van der Waals surface area contributed by atoms with Crippen LogP contribution in [0.2, 0.25) is 0 Å². The van der Waals surface area contributed by atoms with Crippen LogP contribution in [0.4, 0.5) is 0 Å². The quantitative estimate of drug-likeness (QED) is 0.912. The van der Waals surface area contributed by atoms with E-state index in [-0.39, 0.29) is 0 Å². The zero-order chi connectivity index (χ0) is 11.5. The zero-order valence-electron chi connectivity index (χ0n) is 9.04. The molecular weight excluding hydrogens is 240 g/mol. The molecule has 2 rings (SSSR count). The van der Waals surface area contributed by atoms with Crippen LogP contribution in [0.1, 0.15) is 23.6 Å². The fraction of sp³-hybridized carbons (Fsp3) is 0.273. The third-order valence-electron chi connectivity index (χ3n) is 2.08. The van der Waals surface area contributed by atoms with Gasteiger partial charge in [0.15, 0.2) is 4.34 Å². The Kier molecular flexibility index (Phi) is 3.58. The second kappa shape index (κ2) is 4.95. The van der Waals surface area contributed by atoms with Gasteiger partial charge in [0.1, 0.15) is 5.01 Å². The standard InChI is InChI=1S/C11H12N2OS2/c1-7(14)9-3-5-10(6-4-9)16-11-13-12-8(2)15-11/h3-7,14H,1-2H3/t7-/m1/s1. The maximum absolute atomic E-state index is 9.38. The maximum Gasteiger partial charge on any atom is 0.179 e. The first-order chi connectivity index (χ1) is 7.65. The van der Waals surface area contributed by atoms with E-state index in [1.54, 1.807) is 30.0 Å². The molecule has 0 spiro atoms. The molecule has 0 aliphatic rings. The van der Waals surface area contributed by atoms with Gasteiger partial charge in [-0.15, -0.1) is 10.2 Å². The van der Waals surface area contributed by atoms with Crippen molar-refractivity contribution in [2.75, 3.05) is 0 Å². The summed E-state index contributed by atoms with van der Waals surface area (Å²) in [5.41, 5.74) is 0.929. The lowest BCUT2D eigenvalue weighted by molar-refractivity contribution is 0.199. The van der Waals surface area contributed by atoms with E-state index >= 15 is 0 Å². The Balaban J connectivity index is 2.11. The third-order valence-corrected chi connectivity index (χ3v) is 3.97. The predicted octanol–water partition coefficient (Wildman–Crippen LogP) is 3.05. The topological polar surface area (TPSA) is 46.0 Å². The van der Waals surface area contributed by atoms with Gasteiger partial charge in [0.2, 0.25) is 0 Å². The van der Waals surface area contributed by atoms with Crippen LogP contribution in [0.3, 0.4) is 0 Å². The molecule has 5 heteroatoms. The molecule has 0 saturated heterocycles. The number of aromatic nitrogens is 2. The third kappa shape index (κ3) is 2.81. The summed E-state index contributed by atoms with van der Waals surface area (Å²) in [6.45, 7) is 3.70. The van der Waals surface area contributed by atoms with Crippen LogP contribution in [0.15, 0.2) is 33.5 Å². The van der Waals surface area contributed by atoms with Crippen LogP contribution < -0.4 is 0 Å². The lowest BCUT2D eigenvalue weighted by Crippen LogP contribution is -1.89. The van der Waals surface area contributed by atoms with Gasteiger partial charge in [-0.1, -0.05) is 35.2 Å². The summed E-state index contributed by atoms with van der Waals surface area (Å²) in [5.74, 6) is 0. The number of rotatable bonds is 3. The van der Waals surface area contributed by atoms with Crippen LogP contribution in [0, 0.1) is 6.92 Å². The Morgan fingerprint density at radius 3 is 2.44 bits per heavy atom. The highest BCUT2D eigenvalue weighted by molar-refractivity contribution is 8.01. The lowest BCUT2D eigenvalue weighted by Gasteiger charge is -2.04. The number of benzene rings is 1. The molecule has 1 heterocycles. The molecule has 0 saturated carbocycles. The fourth-order valence-electron chi connectivity index (χ4n) is 1.23. The molecule has 1 aromatic carbocycles. The highest BCUT2D eigenvalue weighted by atomic mass is 32.2. The van der Waals surface area contributed by atoms with Gasteiger partial charge in [-0.05, 0) is 31.5 Å². The average molecular weight is 252 g/mol. The predicted molar refractivity (Wildman–Crippen MR) is 65.8 cm³/mol. The Morgan fingerprint density at radius 1 is 1.25 bits per heavy atom. The van der Waals surface area contributed by atoms with E-state index in [1.807, 2.05) is 31.2 Å². The van der Waals surface area contributed by atoms with Gasteiger partial charge >= 0.3 is 0 Å². The largest absolute Gasteiger partial charge is 0.389 e. The smallest absolute Gasteiger partial charge is 0.179 e. The normalized spacial score (nSPS) is 12.7. The minimum absolute atomic E-state index is 0.414. The van der Waals surface area contributed by atoms with E-state index in [1.165, 1.54) is 0 Å². The molecule has 0 radical (unpaired) electrons. The number of aryl methyl sites for hydroxylation is 1. The summed E-state index contributed by atoms with van der Waals surface area (Å²) in [6, 6.07) is 7.84. The van der Waals surface area contributed by atoms with Crippen LogP contribution in [0.25, 0.3) is 0 Å². The first kappa shape index (κ1) is 11.6. The van der Waals surface area contributed by atoms with Gasteiger partial charge in [-0.25, -0.2) is 0 Å². The van der Waals surface area contributed by atoms with Crippen molar-refractivity contribution in [2.24, 2.45) is 0 Å². The van der Waals surface area contributed by atoms with Crippen molar-refractivity contribution in [3.63, 3.8) is 0 Å². The maximum atomic E-state index is 9.38. The molecule has 0 fully saturated rings. The highest BCUT2D eigenvalue weighted by Gasteiger charge is 2.04. The van der Waals surface area contributed by atoms with Crippen molar-refractivity contribution >= 4 is 23.1 Å². The Bertz CT molecular complexity index is 465. The highest BCUT2D eigenvalue weighted by Crippen LogP contribution is 2.30. The summed E-state index contributed by atoms with van der Waals surface area (Å²) in [6.07, 6.45) is -0.414. The van der Waals surface area contributed by atoms with Crippen LogP contribution >= 0.6 is 23.1 Å². The van der Waals surface area contributed by atoms with Crippen LogP contribution in [-0.2, 0) is 0 Å². The molecule has 1 N–H and O–H groups in total. The number of hydrogen-bond acceptors (Lipinski definition) is 5. The van der Waals surface area contributed by atoms with Crippen molar-refractivity contribution in [3.8, 4) is 0 Å². The fourth-order valence-corrected chi connectivity index (χ4v) is 3.02. The monoisotopic (exact) mass is 252 g/mol. The van der Waals surface area contributed by atoms with Crippen molar-refractivity contribution in [1.29, 1.82) is 0 Å². The van der Waals surface area contributed by atoms with E-state index in [0.29, 0.717) is 0 Å². The Morgan fingerprint density at radius 2 is 1.94 bits per heavy atom. The molecule has 1 aromatic heterocycles. The Hall–Kier alpha value is -0.910. The molecule has 16 heavy (non-hydrogen) atoms. The molecule has 1 atom stereocenters. The van der Waals surface area contributed by atoms with Crippen molar-refractivity contribution in [2.45, 2.75) is 29.2 Å². The molecule has 0 aliphatic carbocycles. The minimum Gasteiger partial charge on any atom is -0.389 e. The first-order valence-electron chi connectivity index (χ1n) is 4.91. The molecule has 0 unspecified atom stereocenters. The van der Waals surface area contributed by atoms with E-state index in [4.69, 9.17) is 0 Å². The molecule has 2 aromatic rings. The minimum atomic E-state index is -0.414. The molecule has 3 nitrogen and oxygen atoms in total. The molecular formula is C11H12N2OS2. The second-order valence-corrected chi connectivity index (χ2v) is 5.94. The second-order valence-electron chi connectivity index (χ2n) is 3.43. The van der Waals surface area contributed by atoms with Gasteiger partial charge < -0.3 is 5.11 Å². The van der Waals surface area contributed by atoms with E-state index in [2.05, 4.69) is 10.2 Å². The number of nitrogens with zero attached hydrogens (tertiary/aromatic N) is 2. The van der Waals surface area contributed by atoms with Gasteiger partial charge in [0.25, 0.3) is 0 Å². The van der Waals surface area contributed by atoms with E-state index < -0.39 is 6.10 Å². The lowest BCUT2D eigenvalue weighted by atomic mass is 10.1. The number of hydrogen-bond donors (Lipinski definition) is 1. The Labute approximate surface area is 103 Å². The molecule has 84 valence electrons. The summed E-state index contributed by atoms with van der Waals surface area (Å²) in [5, 5.41) is 18.4. The summed E-state index contributed by atoms with van der Waals surface area (Å²) >= 11 is 3.18. The molecule has 0 aliphatic heterocycles.